The van der Waals surface area contributed by atoms with E-state index in [0.29, 0.717) is 5.78 Å². The zero-order valence-electron chi connectivity index (χ0n) is 10.3. The number of nitrogens with one attached hydrogen (secondary N) is 1. The summed E-state index contributed by atoms with van der Waals surface area (Å²) in [6, 6.07) is 0. The fourth-order valence-corrected chi connectivity index (χ4v) is 6.14. The van der Waals surface area contributed by atoms with E-state index in [9.17, 15) is 4.79 Å². The molecule has 96 valence electrons. The summed E-state index contributed by atoms with van der Waals surface area (Å²) in [7, 11) is 0. The largest absolute Gasteiger partial charge is 0.305 e. The van der Waals surface area contributed by atoms with Crippen molar-refractivity contribution in [1.82, 2.24) is 5.32 Å². The van der Waals surface area contributed by atoms with Crippen molar-refractivity contribution in [3.8, 4) is 0 Å². The van der Waals surface area contributed by atoms with E-state index in [-0.39, 0.29) is 11.1 Å². The van der Waals surface area contributed by atoms with Crippen molar-refractivity contribution in [2.45, 2.75) is 49.6 Å². The minimum Gasteiger partial charge on any atom is -0.305 e. The number of Topliss-reactive ketones (excluding diaryl/α,β-unsaturated/α-hetero) is 1. The van der Waals surface area contributed by atoms with Crippen LogP contribution in [0.5, 0.6) is 0 Å². The van der Waals surface area contributed by atoms with Gasteiger partial charge in [-0.15, -0.1) is 0 Å². The average molecular weight is 271 g/mol. The third-order valence-electron chi connectivity index (χ3n) is 4.50. The number of carbonyl (C=O) groups excluding carboxylic acids is 1. The van der Waals surface area contributed by atoms with E-state index < -0.39 is 0 Å². The van der Waals surface area contributed by atoms with E-state index in [2.05, 4.69) is 5.32 Å². The number of thioether (sulfide) groups is 2. The molecule has 17 heavy (non-hydrogen) atoms. The Hall–Kier alpha value is 0.330. The van der Waals surface area contributed by atoms with Crippen LogP contribution in [0.2, 0.25) is 0 Å². The maximum atomic E-state index is 12.2. The molecule has 3 rings (SSSR count). The number of hydrogen-bond acceptors (Lipinski definition) is 4. The minimum absolute atomic E-state index is 0.169. The Morgan fingerprint density at radius 1 is 0.824 bits per heavy atom. The molecule has 3 saturated heterocycles. The second-order valence-electron chi connectivity index (χ2n) is 5.80. The van der Waals surface area contributed by atoms with Gasteiger partial charge in [0, 0.05) is 23.9 Å². The standard InChI is InChI=1S/C13H21NOS2/c15-11-9-12(1-5-16-6-2-12)14-13(10-11)3-7-17-8-4-13/h14H,1-10H2. The smallest absolute Gasteiger partial charge is 0.136 e. The van der Waals surface area contributed by atoms with Crippen LogP contribution in [0.4, 0.5) is 0 Å². The first-order valence-corrected chi connectivity index (χ1v) is 9.00. The molecule has 2 nitrogen and oxygen atoms in total. The van der Waals surface area contributed by atoms with Gasteiger partial charge in [-0.05, 0) is 48.7 Å². The molecule has 0 aliphatic carbocycles. The third-order valence-corrected chi connectivity index (χ3v) is 6.47. The topological polar surface area (TPSA) is 29.1 Å². The van der Waals surface area contributed by atoms with Crippen LogP contribution in [0.1, 0.15) is 38.5 Å². The highest BCUT2D eigenvalue weighted by Gasteiger charge is 2.47. The molecule has 3 heterocycles. The van der Waals surface area contributed by atoms with E-state index in [0.717, 1.165) is 12.8 Å². The molecule has 1 N–H and O–H groups in total. The Morgan fingerprint density at radius 2 is 1.24 bits per heavy atom. The number of ketones is 1. The zero-order valence-corrected chi connectivity index (χ0v) is 11.9. The van der Waals surface area contributed by atoms with Gasteiger partial charge in [0.15, 0.2) is 0 Å². The monoisotopic (exact) mass is 271 g/mol. The molecule has 0 radical (unpaired) electrons. The first-order chi connectivity index (χ1) is 8.22. The van der Waals surface area contributed by atoms with E-state index in [1.165, 1.54) is 48.7 Å². The van der Waals surface area contributed by atoms with Crippen LogP contribution in [-0.4, -0.2) is 39.9 Å². The molecule has 4 heteroatoms. The zero-order chi connectivity index (χ0) is 11.8. The summed E-state index contributed by atoms with van der Waals surface area (Å²) in [4.78, 5) is 12.2. The fraction of sp³-hybridized carbons (Fsp3) is 0.923. The van der Waals surface area contributed by atoms with Crippen LogP contribution >= 0.6 is 23.5 Å². The first-order valence-electron chi connectivity index (χ1n) is 6.69. The number of piperidine rings is 1. The molecule has 3 aliphatic rings. The summed E-state index contributed by atoms with van der Waals surface area (Å²) < 4.78 is 0. The van der Waals surface area contributed by atoms with Crippen molar-refractivity contribution in [2.24, 2.45) is 0 Å². The second-order valence-corrected chi connectivity index (χ2v) is 8.25. The van der Waals surface area contributed by atoms with Crippen molar-refractivity contribution in [3.05, 3.63) is 0 Å². The van der Waals surface area contributed by atoms with Crippen LogP contribution in [0.15, 0.2) is 0 Å². The van der Waals surface area contributed by atoms with Crippen LogP contribution < -0.4 is 5.32 Å². The van der Waals surface area contributed by atoms with Gasteiger partial charge < -0.3 is 5.32 Å². The molecule has 0 aromatic carbocycles. The van der Waals surface area contributed by atoms with Crippen molar-refractivity contribution in [3.63, 3.8) is 0 Å². The van der Waals surface area contributed by atoms with Gasteiger partial charge in [-0.25, -0.2) is 0 Å². The lowest BCUT2D eigenvalue weighted by Gasteiger charge is -2.52. The van der Waals surface area contributed by atoms with E-state index >= 15 is 0 Å². The molecule has 3 aliphatic heterocycles. The quantitative estimate of drug-likeness (QED) is 0.733. The molecule has 0 saturated carbocycles. The van der Waals surface area contributed by atoms with Crippen molar-refractivity contribution >= 4 is 29.3 Å². The lowest BCUT2D eigenvalue weighted by atomic mass is 9.73. The molecule has 0 bridgehead atoms. The van der Waals surface area contributed by atoms with E-state index in [1.54, 1.807) is 0 Å². The lowest BCUT2D eigenvalue weighted by Crippen LogP contribution is -2.65. The fourth-order valence-electron chi connectivity index (χ4n) is 3.60. The molecule has 0 aromatic heterocycles. The van der Waals surface area contributed by atoms with Gasteiger partial charge in [-0.1, -0.05) is 0 Å². The summed E-state index contributed by atoms with van der Waals surface area (Å²) in [6.45, 7) is 0. The molecule has 0 aromatic rings. The summed E-state index contributed by atoms with van der Waals surface area (Å²) in [5.41, 5.74) is 0.338. The highest BCUT2D eigenvalue weighted by molar-refractivity contribution is 7.99. The number of hydrogen-bond donors (Lipinski definition) is 1. The van der Waals surface area contributed by atoms with Gasteiger partial charge in [0.2, 0.25) is 0 Å². The number of rotatable bonds is 0. The van der Waals surface area contributed by atoms with Crippen molar-refractivity contribution < 1.29 is 4.79 Å². The van der Waals surface area contributed by atoms with Crippen molar-refractivity contribution in [2.75, 3.05) is 23.0 Å². The summed E-state index contributed by atoms with van der Waals surface area (Å²) in [5.74, 6) is 5.43. The highest BCUT2D eigenvalue weighted by Crippen LogP contribution is 2.41. The highest BCUT2D eigenvalue weighted by atomic mass is 32.2. The molecule has 3 fully saturated rings. The average Bonchev–Trinajstić information content (AvgIpc) is 2.29. The molecule has 2 spiro atoms. The van der Waals surface area contributed by atoms with Gasteiger partial charge in [0.1, 0.15) is 5.78 Å². The Labute approximate surface area is 112 Å². The first kappa shape index (κ1) is 12.4. The predicted molar refractivity (Wildman–Crippen MR) is 76.0 cm³/mol. The summed E-state index contributed by atoms with van der Waals surface area (Å²) in [5, 5.41) is 3.97. The SMILES string of the molecule is O=C1CC2(CCSCC2)NC2(CCSCC2)C1. The van der Waals surface area contributed by atoms with E-state index in [4.69, 9.17) is 0 Å². The predicted octanol–water partition coefficient (Wildman–Crippen LogP) is 2.47. The summed E-state index contributed by atoms with van der Waals surface area (Å²) in [6.07, 6.45) is 6.36. The van der Waals surface area contributed by atoms with Crippen LogP contribution in [0, 0.1) is 0 Å². The van der Waals surface area contributed by atoms with Gasteiger partial charge in [-0.3, -0.25) is 4.79 Å². The summed E-state index contributed by atoms with van der Waals surface area (Å²) >= 11 is 4.09. The van der Waals surface area contributed by atoms with Gasteiger partial charge in [0.05, 0.1) is 0 Å². The molecule has 0 atom stereocenters. The molecular weight excluding hydrogens is 250 g/mol. The third kappa shape index (κ3) is 2.54. The molecule has 0 amide bonds. The van der Waals surface area contributed by atoms with Gasteiger partial charge in [-0.2, -0.15) is 23.5 Å². The molecular formula is C13H21NOS2. The Kier molecular flexibility index (Phi) is 3.48. The Bertz CT molecular complexity index is 279. The van der Waals surface area contributed by atoms with Gasteiger partial charge in [0.25, 0.3) is 0 Å². The maximum absolute atomic E-state index is 12.2. The van der Waals surface area contributed by atoms with Crippen LogP contribution in [0.25, 0.3) is 0 Å². The maximum Gasteiger partial charge on any atom is 0.136 e. The van der Waals surface area contributed by atoms with Crippen molar-refractivity contribution in [1.29, 1.82) is 0 Å². The van der Waals surface area contributed by atoms with Crippen LogP contribution in [-0.2, 0) is 4.79 Å². The second kappa shape index (κ2) is 4.78. The Morgan fingerprint density at radius 3 is 1.65 bits per heavy atom. The number of carbonyl (C=O) groups is 1. The van der Waals surface area contributed by atoms with Crippen LogP contribution in [0.3, 0.4) is 0 Å². The van der Waals surface area contributed by atoms with Gasteiger partial charge >= 0.3 is 0 Å². The van der Waals surface area contributed by atoms with E-state index in [1.807, 2.05) is 23.5 Å². The lowest BCUT2D eigenvalue weighted by molar-refractivity contribution is -0.126. The normalized spacial score (nSPS) is 31.9. The Balaban J connectivity index is 1.80. The molecule has 0 unspecified atom stereocenters. The minimum atomic E-state index is 0.169.